The van der Waals surface area contributed by atoms with Crippen molar-refractivity contribution in [3.8, 4) is 0 Å². The average molecular weight is 378 g/mol. The van der Waals surface area contributed by atoms with Crippen molar-refractivity contribution in [3.05, 3.63) is 48.6 Å². The summed E-state index contributed by atoms with van der Waals surface area (Å²) in [5.74, 6) is 0.977. The normalized spacial score (nSPS) is 12.2. The van der Waals surface area contributed by atoms with Gasteiger partial charge in [-0.1, -0.05) is 68.4 Å². The van der Waals surface area contributed by atoms with E-state index in [1.54, 1.807) is 0 Å². The maximum atomic E-state index is 11.5. The highest BCUT2D eigenvalue weighted by Gasteiger charge is 1.98. The SMILES string of the molecule is CCCCC/C=C\C/C=C\C/C=C\C/C=C\CCCC(=O)NCCCS. The molecule has 0 aromatic rings. The van der Waals surface area contributed by atoms with Gasteiger partial charge in [-0.2, -0.15) is 12.6 Å². The van der Waals surface area contributed by atoms with E-state index in [1.807, 2.05) is 0 Å². The summed E-state index contributed by atoms with van der Waals surface area (Å²) >= 11 is 4.12. The predicted molar refractivity (Wildman–Crippen MR) is 120 cm³/mol. The van der Waals surface area contributed by atoms with E-state index in [2.05, 4.69) is 73.5 Å². The second-order valence-corrected chi connectivity index (χ2v) is 6.86. The van der Waals surface area contributed by atoms with Crippen LogP contribution in [-0.4, -0.2) is 18.2 Å². The summed E-state index contributed by atoms with van der Waals surface area (Å²) < 4.78 is 0. The van der Waals surface area contributed by atoms with Gasteiger partial charge in [0.2, 0.25) is 5.91 Å². The molecule has 1 N–H and O–H groups in total. The van der Waals surface area contributed by atoms with Crippen molar-refractivity contribution in [3.63, 3.8) is 0 Å². The smallest absolute Gasteiger partial charge is 0.220 e. The Labute approximate surface area is 167 Å². The van der Waals surface area contributed by atoms with E-state index in [9.17, 15) is 4.79 Å². The number of nitrogens with one attached hydrogen (secondary N) is 1. The number of carbonyl (C=O) groups excluding carboxylic acids is 1. The highest BCUT2D eigenvalue weighted by Crippen LogP contribution is 2.01. The molecule has 0 radical (unpaired) electrons. The lowest BCUT2D eigenvalue weighted by atomic mass is 10.2. The van der Waals surface area contributed by atoms with Crippen molar-refractivity contribution in [1.29, 1.82) is 0 Å². The minimum Gasteiger partial charge on any atom is -0.356 e. The molecule has 0 spiro atoms. The molecule has 148 valence electrons. The molecule has 1 amide bonds. The molecule has 0 bridgehead atoms. The van der Waals surface area contributed by atoms with Crippen LogP contribution >= 0.6 is 12.6 Å². The Bertz CT molecular complexity index is 424. The van der Waals surface area contributed by atoms with E-state index in [0.29, 0.717) is 6.42 Å². The van der Waals surface area contributed by atoms with Crippen LogP contribution in [0.15, 0.2) is 48.6 Å². The number of thiol groups is 1. The Morgan fingerprint density at radius 2 is 1.31 bits per heavy atom. The van der Waals surface area contributed by atoms with Gasteiger partial charge in [-0.05, 0) is 57.1 Å². The quantitative estimate of drug-likeness (QED) is 0.167. The predicted octanol–water partition coefficient (Wildman–Crippen LogP) is 6.57. The van der Waals surface area contributed by atoms with Gasteiger partial charge in [0.05, 0.1) is 0 Å². The van der Waals surface area contributed by atoms with Crippen LogP contribution in [0.4, 0.5) is 0 Å². The molecular formula is C23H39NOS. The van der Waals surface area contributed by atoms with E-state index in [4.69, 9.17) is 0 Å². The Balaban J connectivity index is 3.44. The number of hydrogen-bond acceptors (Lipinski definition) is 2. The molecule has 0 saturated heterocycles. The molecular weight excluding hydrogens is 338 g/mol. The van der Waals surface area contributed by atoms with Gasteiger partial charge in [0.25, 0.3) is 0 Å². The third-order valence-corrected chi connectivity index (χ3v) is 4.21. The summed E-state index contributed by atoms with van der Waals surface area (Å²) in [6, 6.07) is 0. The summed E-state index contributed by atoms with van der Waals surface area (Å²) in [6.07, 6.45) is 29.4. The number of carbonyl (C=O) groups is 1. The number of allylic oxidation sites excluding steroid dienone is 8. The van der Waals surface area contributed by atoms with Gasteiger partial charge in [0, 0.05) is 13.0 Å². The van der Waals surface area contributed by atoms with Crippen molar-refractivity contribution in [1.82, 2.24) is 5.32 Å². The first-order valence-corrected chi connectivity index (χ1v) is 10.9. The zero-order valence-corrected chi connectivity index (χ0v) is 17.6. The Hall–Kier alpha value is -1.22. The molecule has 3 heteroatoms. The largest absolute Gasteiger partial charge is 0.356 e. The van der Waals surface area contributed by atoms with Crippen LogP contribution in [0.2, 0.25) is 0 Å². The third kappa shape index (κ3) is 20.8. The summed E-state index contributed by atoms with van der Waals surface area (Å²) in [5.41, 5.74) is 0. The zero-order valence-electron chi connectivity index (χ0n) is 16.7. The van der Waals surface area contributed by atoms with Crippen LogP contribution < -0.4 is 5.32 Å². The molecule has 0 saturated carbocycles. The average Bonchev–Trinajstić information content (AvgIpc) is 2.64. The third-order valence-electron chi connectivity index (χ3n) is 3.89. The minimum absolute atomic E-state index is 0.155. The molecule has 0 atom stereocenters. The molecule has 2 nitrogen and oxygen atoms in total. The molecule has 0 aliphatic rings. The second-order valence-electron chi connectivity index (χ2n) is 6.41. The van der Waals surface area contributed by atoms with Gasteiger partial charge < -0.3 is 5.32 Å². The van der Waals surface area contributed by atoms with Crippen LogP contribution in [0.1, 0.15) is 77.6 Å². The van der Waals surface area contributed by atoms with E-state index in [1.165, 1.54) is 25.7 Å². The molecule has 0 aromatic carbocycles. The molecule has 0 aliphatic heterocycles. The summed E-state index contributed by atoms with van der Waals surface area (Å²) in [7, 11) is 0. The van der Waals surface area contributed by atoms with Crippen molar-refractivity contribution >= 4 is 18.5 Å². The lowest BCUT2D eigenvalue weighted by molar-refractivity contribution is -0.121. The number of unbranched alkanes of at least 4 members (excludes halogenated alkanes) is 4. The highest BCUT2D eigenvalue weighted by atomic mass is 32.1. The Kier molecular flexibility index (Phi) is 20.8. The number of hydrogen-bond donors (Lipinski definition) is 2. The van der Waals surface area contributed by atoms with Crippen LogP contribution in [0.3, 0.4) is 0 Å². The van der Waals surface area contributed by atoms with Crippen LogP contribution in [0.25, 0.3) is 0 Å². The van der Waals surface area contributed by atoms with Gasteiger partial charge >= 0.3 is 0 Å². The van der Waals surface area contributed by atoms with Crippen molar-refractivity contribution in [2.45, 2.75) is 77.6 Å². The van der Waals surface area contributed by atoms with Gasteiger partial charge in [-0.3, -0.25) is 4.79 Å². The summed E-state index contributed by atoms with van der Waals surface area (Å²) in [6.45, 7) is 2.98. The standard InChI is InChI=1S/C23H39NOS/c1-2-3-4-5-6-7-8-9-10-11-12-13-14-15-16-17-18-20-23(25)24-21-19-22-26/h6-7,9-10,12-13,15-16,26H,2-5,8,11,14,17-22H2,1H3,(H,24,25)/b7-6-,10-9-,13-12-,16-15-. The van der Waals surface area contributed by atoms with E-state index < -0.39 is 0 Å². The fraction of sp³-hybridized carbons (Fsp3) is 0.609. The summed E-state index contributed by atoms with van der Waals surface area (Å²) in [5, 5.41) is 2.90. The molecule has 0 rings (SSSR count). The van der Waals surface area contributed by atoms with Crippen molar-refractivity contribution in [2.24, 2.45) is 0 Å². The van der Waals surface area contributed by atoms with E-state index in [0.717, 1.165) is 50.8 Å². The fourth-order valence-electron chi connectivity index (χ4n) is 2.34. The first kappa shape index (κ1) is 24.8. The molecule has 0 unspecified atom stereocenters. The first-order valence-electron chi connectivity index (χ1n) is 10.3. The molecule has 0 fully saturated rings. The van der Waals surface area contributed by atoms with Gasteiger partial charge in [-0.25, -0.2) is 0 Å². The lowest BCUT2D eigenvalue weighted by Gasteiger charge is -2.02. The molecule has 0 heterocycles. The van der Waals surface area contributed by atoms with Gasteiger partial charge in [0.1, 0.15) is 0 Å². The Morgan fingerprint density at radius 3 is 1.85 bits per heavy atom. The van der Waals surface area contributed by atoms with Gasteiger partial charge in [-0.15, -0.1) is 0 Å². The molecule has 26 heavy (non-hydrogen) atoms. The fourth-order valence-corrected chi connectivity index (χ4v) is 2.49. The van der Waals surface area contributed by atoms with Gasteiger partial charge in [0.15, 0.2) is 0 Å². The van der Waals surface area contributed by atoms with Crippen LogP contribution in [0, 0.1) is 0 Å². The van der Waals surface area contributed by atoms with Crippen molar-refractivity contribution in [2.75, 3.05) is 12.3 Å². The molecule has 0 aromatic heterocycles. The van der Waals surface area contributed by atoms with Crippen LogP contribution in [-0.2, 0) is 4.79 Å². The Morgan fingerprint density at radius 1 is 0.769 bits per heavy atom. The molecule has 0 aliphatic carbocycles. The van der Waals surface area contributed by atoms with E-state index >= 15 is 0 Å². The monoisotopic (exact) mass is 377 g/mol. The topological polar surface area (TPSA) is 29.1 Å². The lowest BCUT2D eigenvalue weighted by Crippen LogP contribution is -2.24. The van der Waals surface area contributed by atoms with Crippen LogP contribution in [0.5, 0.6) is 0 Å². The second kappa shape index (κ2) is 21.8. The first-order chi connectivity index (χ1) is 12.8. The maximum Gasteiger partial charge on any atom is 0.220 e. The maximum absolute atomic E-state index is 11.5. The minimum atomic E-state index is 0.155. The van der Waals surface area contributed by atoms with Crippen molar-refractivity contribution < 1.29 is 4.79 Å². The van der Waals surface area contributed by atoms with E-state index in [-0.39, 0.29) is 5.91 Å². The number of rotatable bonds is 17. The highest BCUT2D eigenvalue weighted by molar-refractivity contribution is 7.80. The number of amides is 1. The summed E-state index contributed by atoms with van der Waals surface area (Å²) in [4.78, 5) is 11.5. The zero-order chi connectivity index (χ0) is 19.1.